The van der Waals surface area contributed by atoms with Crippen LogP contribution in [0, 0.1) is 6.92 Å². The molecule has 5 heteroatoms. The topological polar surface area (TPSA) is 51.2 Å². The van der Waals surface area contributed by atoms with Crippen molar-refractivity contribution in [1.29, 1.82) is 0 Å². The third-order valence-corrected chi connectivity index (χ3v) is 3.60. The molecule has 1 aromatic carbocycles. The molecule has 0 radical (unpaired) electrons. The van der Waals surface area contributed by atoms with Gasteiger partial charge in [0, 0.05) is 11.1 Å². The van der Waals surface area contributed by atoms with Crippen LogP contribution in [0.5, 0.6) is 5.75 Å². The number of nitrogens with one attached hydrogen (secondary N) is 1. The number of ether oxygens (including phenoxy) is 1. The Labute approximate surface area is 122 Å². The van der Waals surface area contributed by atoms with Crippen LogP contribution in [0.4, 0.5) is 5.13 Å². The predicted molar refractivity (Wildman–Crippen MR) is 81.5 cm³/mol. The molecule has 1 heterocycles. The number of hydrogen-bond donors (Lipinski definition) is 1. The maximum atomic E-state index is 11.8. The predicted octanol–water partition coefficient (Wildman–Crippen LogP) is 3.59. The molecular formula is C15H18N2O2S. The van der Waals surface area contributed by atoms with Crippen molar-refractivity contribution >= 4 is 22.4 Å². The van der Waals surface area contributed by atoms with Crippen molar-refractivity contribution in [3.05, 3.63) is 40.9 Å². The zero-order chi connectivity index (χ0) is 14.5. The second-order valence-corrected chi connectivity index (χ2v) is 6.04. The molecule has 0 saturated heterocycles. The zero-order valence-corrected chi connectivity index (χ0v) is 12.7. The Morgan fingerprint density at radius 1 is 1.40 bits per heavy atom. The van der Waals surface area contributed by atoms with Gasteiger partial charge in [-0.25, -0.2) is 4.98 Å². The summed E-state index contributed by atoms with van der Waals surface area (Å²) in [5.41, 5.74) is 1.10. The Morgan fingerprint density at radius 2 is 2.15 bits per heavy atom. The number of thiazole rings is 1. The second kappa shape index (κ2) is 6.52. The zero-order valence-electron chi connectivity index (χ0n) is 11.8. The van der Waals surface area contributed by atoms with E-state index in [-0.39, 0.29) is 12.5 Å². The number of aromatic nitrogens is 1. The van der Waals surface area contributed by atoms with E-state index in [4.69, 9.17) is 4.74 Å². The Bertz CT molecular complexity index is 593. The van der Waals surface area contributed by atoms with Gasteiger partial charge in [0.2, 0.25) is 0 Å². The third-order valence-electron chi connectivity index (χ3n) is 2.77. The Hall–Kier alpha value is -1.88. The first-order valence-electron chi connectivity index (χ1n) is 6.50. The van der Waals surface area contributed by atoms with Crippen LogP contribution in [0.3, 0.4) is 0 Å². The van der Waals surface area contributed by atoms with Crippen molar-refractivity contribution in [1.82, 2.24) is 4.98 Å². The highest BCUT2D eigenvalue weighted by molar-refractivity contribution is 7.15. The largest absolute Gasteiger partial charge is 0.483 e. The summed E-state index contributed by atoms with van der Waals surface area (Å²) in [5.74, 6) is 0.918. The van der Waals surface area contributed by atoms with Crippen LogP contribution < -0.4 is 10.1 Å². The van der Waals surface area contributed by atoms with E-state index in [9.17, 15) is 4.79 Å². The van der Waals surface area contributed by atoms with Gasteiger partial charge < -0.3 is 4.74 Å². The molecular weight excluding hydrogens is 272 g/mol. The van der Waals surface area contributed by atoms with Crippen molar-refractivity contribution < 1.29 is 9.53 Å². The molecule has 2 rings (SSSR count). The molecule has 4 nitrogen and oxygen atoms in total. The minimum absolute atomic E-state index is 0.0115. The van der Waals surface area contributed by atoms with Gasteiger partial charge in [-0.3, -0.25) is 10.1 Å². The molecule has 0 saturated carbocycles. The maximum Gasteiger partial charge on any atom is 0.264 e. The van der Waals surface area contributed by atoms with Gasteiger partial charge in [0.25, 0.3) is 5.91 Å². The number of hydrogen-bond acceptors (Lipinski definition) is 4. The minimum Gasteiger partial charge on any atom is -0.483 e. The smallest absolute Gasteiger partial charge is 0.264 e. The Balaban J connectivity index is 1.93. The van der Waals surface area contributed by atoms with E-state index < -0.39 is 0 Å². The number of amides is 1. The Morgan fingerprint density at radius 3 is 2.80 bits per heavy atom. The van der Waals surface area contributed by atoms with E-state index in [1.165, 1.54) is 11.3 Å². The van der Waals surface area contributed by atoms with Crippen LogP contribution in [-0.2, 0) is 4.79 Å². The third kappa shape index (κ3) is 3.81. The van der Waals surface area contributed by atoms with E-state index in [0.29, 0.717) is 11.0 Å². The molecule has 0 aliphatic rings. The van der Waals surface area contributed by atoms with Crippen molar-refractivity contribution in [3.8, 4) is 5.75 Å². The summed E-state index contributed by atoms with van der Waals surface area (Å²) in [4.78, 5) is 17.0. The quantitative estimate of drug-likeness (QED) is 0.915. The molecule has 0 bridgehead atoms. The molecule has 2 aromatic rings. The molecule has 106 valence electrons. The molecule has 0 aliphatic carbocycles. The monoisotopic (exact) mass is 290 g/mol. The standard InChI is InChI=1S/C15H18N2O2S/c1-10(2)12-6-4-5-7-13(12)19-9-14(18)17-15-16-8-11(3)20-15/h4-8,10H,9H2,1-3H3,(H,16,17,18). The van der Waals surface area contributed by atoms with Crippen LogP contribution >= 0.6 is 11.3 Å². The van der Waals surface area contributed by atoms with Gasteiger partial charge >= 0.3 is 0 Å². The molecule has 0 atom stereocenters. The van der Waals surface area contributed by atoms with Crippen molar-refractivity contribution in [3.63, 3.8) is 0 Å². The van der Waals surface area contributed by atoms with Gasteiger partial charge in [0.05, 0.1) is 0 Å². The molecule has 0 aliphatic heterocycles. The van der Waals surface area contributed by atoms with Gasteiger partial charge in [-0.1, -0.05) is 32.0 Å². The molecule has 0 unspecified atom stereocenters. The fourth-order valence-electron chi connectivity index (χ4n) is 1.80. The van der Waals surface area contributed by atoms with Gasteiger partial charge in [-0.05, 0) is 24.5 Å². The number of aryl methyl sites for hydroxylation is 1. The van der Waals surface area contributed by atoms with Gasteiger partial charge in [0.15, 0.2) is 11.7 Å². The van der Waals surface area contributed by atoms with Crippen LogP contribution in [-0.4, -0.2) is 17.5 Å². The number of para-hydroxylation sites is 1. The SMILES string of the molecule is Cc1cnc(NC(=O)COc2ccccc2C(C)C)s1. The number of carbonyl (C=O) groups excluding carboxylic acids is 1. The highest BCUT2D eigenvalue weighted by atomic mass is 32.1. The maximum absolute atomic E-state index is 11.8. The first-order chi connectivity index (χ1) is 9.56. The summed E-state index contributed by atoms with van der Waals surface area (Å²) < 4.78 is 5.60. The summed E-state index contributed by atoms with van der Waals surface area (Å²) in [6, 6.07) is 7.78. The number of nitrogens with zero attached hydrogens (tertiary/aromatic N) is 1. The first kappa shape index (κ1) is 14.5. The lowest BCUT2D eigenvalue weighted by atomic mass is 10.0. The molecule has 0 spiro atoms. The van der Waals surface area contributed by atoms with Crippen molar-refractivity contribution in [2.24, 2.45) is 0 Å². The van der Waals surface area contributed by atoms with Crippen LogP contribution in [0.2, 0.25) is 0 Å². The molecule has 1 aromatic heterocycles. The average Bonchev–Trinajstić information content (AvgIpc) is 2.82. The van der Waals surface area contributed by atoms with E-state index in [0.717, 1.165) is 16.2 Å². The summed E-state index contributed by atoms with van der Waals surface area (Å²) in [7, 11) is 0. The summed E-state index contributed by atoms with van der Waals surface area (Å²) in [6.07, 6.45) is 1.73. The Kier molecular flexibility index (Phi) is 4.74. The highest BCUT2D eigenvalue weighted by Crippen LogP contribution is 2.25. The number of carbonyl (C=O) groups is 1. The lowest BCUT2D eigenvalue weighted by molar-refractivity contribution is -0.118. The number of benzene rings is 1. The molecule has 1 N–H and O–H groups in total. The normalized spacial score (nSPS) is 10.6. The second-order valence-electron chi connectivity index (χ2n) is 4.81. The number of anilines is 1. The highest BCUT2D eigenvalue weighted by Gasteiger charge is 2.10. The van der Waals surface area contributed by atoms with Crippen LogP contribution in [0.1, 0.15) is 30.2 Å². The summed E-state index contributed by atoms with van der Waals surface area (Å²) in [6.45, 7) is 6.13. The number of rotatable bonds is 5. The lowest BCUT2D eigenvalue weighted by Crippen LogP contribution is -2.20. The van der Waals surface area contributed by atoms with E-state index in [1.807, 2.05) is 31.2 Å². The van der Waals surface area contributed by atoms with Crippen molar-refractivity contribution in [2.75, 3.05) is 11.9 Å². The molecule has 0 fully saturated rings. The van der Waals surface area contributed by atoms with E-state index >= 15 is 0 Å². The summed E-state index contributed by atoms with van der Waals surface area (Å²) in [5, 5.41) is 3.33. The fourth-order valence-corrected chi connectivity index (χ4v) is 2.48. The van der Waals surface area contributed by atoms with Crippen LogP contribution in [0.15, 0.2) is 30.5 Å². The van der Waals surface area contributed by atoms with Crippen molar-refractivity contribution in [2.45, 2.75) is 26.7 Å². The minimum atomic E-state index is -0.196. The van der Waals surface area contributed by atoms with E-state index in [1.54, 1.807) is 6.20 Å². The van der Waals surface area contributed by atoms with Gasteiger partial charge in [-0.2, -0.15) is 0 Å². The van der Waals surface area contributed by atoms with Gasteiger partial charge in [-0.15, -0.1) is 11.3 Å². The lowest BCUT2D eigenvalue weighted by Gasteiger charge is -2.13. The van der Waals surface area contributed by atoms with Gasteiger partial charge in [0.1, 0.15) is 5.75 Å². The average molecular weight is 290 g/mol. The fraction of sp³-hybridized carbons (Fsp3) is 0.333. The molecule has 1 amide bonds. The summed E-state index contributed by atoms with van der Waals surface area (Å²) >= 11 is 1.45. The first-order valence-corrected chi connectivity index (χ1v) is 7.32. The molecule has 20 heavy (non-hydrogen) atoms. The van der Waals surface area contributed by atoms with Crippen LogP contribution in [0.25, 0.3) is 0 Å². The van der Waals surface area contributed by atoms with E-state index in [2.05, 4.69) is 24.1 Å².